The van der Waals surface area contributed by atoms with Crippen molar-refractivity contribution in [3.8, 4) is 0 Å². The van der Waals surface area contributed by atoms with E-state index in [0.29, 0.717) is 21.8 Å². The molecule has 4 N–H and O–H groups in total. The quantitative estimate of drug-likeness (QED) is 0.601. The maximum absolute atomic E-state index is 12.1. The molecule has 0 bridgehead atoms. The van der Waals surface area contributed by atoms with Crippen molar-refractivity contribution in [2.24, 2.45) is 0 Å². The Labute approximate surface area is 156 Å². The second-order valence-electron chi connectivity index (χ2n) is 5.48. The molecule has 2 aromatic rings. The first-order valence-corrected chi connectivity index (χ1v) is 8.23. The molecule has 0 aliphatic rings. The molecule has 7 nitrogen and oxygen atoms in total. The molecule has 0 radical (unpaired) electrons. The minimum atomic E-state index is -0.644. The van der Waals surface area contributed by atoms with Crippen LogP contribution < -0.4 is 21.5 Å². The Balaban J connectivity index is 1.91. The molecule has 0 aromatic heterocycles. The largest absolute Gasteiger partial charge is 0.374 e. The molecule has 2 aromatic carbocycles. The van der Waals surface area contributed by atoms with Gasteiger partial charge in [-0.3, -0.25) is 25.2 Å². The van der Waals surface area contributed by atoms with Crippen molar-refractivity contribution in [1.29, 1.82) is 0 Å². The van der Waals surface area contributed by atoms with Crippen molar-refractivity contribution in [3.05, 3.63) is 64.7 Å². The van der Waals surface area contributed by atoms with E-state index in [1.165, 1.54) is 6.07 Å². The van der Waals surface area contributed by atoms with Gasteiger partial charge < -0.3 is 10.6 Å². The molecule has 0 spiro atoms. The number of hydrazine groups is 1. The fourth-order valence-electron chi connectivity index (χ4n) is 2.14. The van der Waals surface area contributed by atoms with E-state index in [1.807, 2.05) is 0 Å². The Hall–Kier alpha value is -3.06. The van der Waals surface area contributed by atoms with E-state index in [2.05, 4.69) is 21.5 Å². The molecular weight excluding hydrogens is 356 g/mol. The molecule has 26 heavy (non-hydrogen) atoms. The summed E-state index contributed by atoms with van der Waals surface area (Å²) < 4.78 is 0. The lowest BCUT2D eigenvalue weighted by Crippen LogP contribution is -2.47. The van der Waals surface area contributed by atoms with Crippen LogP contribution in [0.4, 0.5) is 5.69 Å². The zero-order valence-electron chi connectivity index (χ0n) is 14.3. The summed E-state index contributed by atoms with van der Waals surface area (Å²) in [4.78, 5) is 35.8. The summed E-state index contributed by atoms with van der Waals surface area (Å²) in [6.45, 7) is 1.63. The van der Waals surface area contributed by atoms with E-state index in [0.717, 1.165) is 0 Å². The van der Waals surface area contributed by atoms with Crippen LogP contribution in [0.1, 0.15) is 27.6 Å². The van der Waals surface area contributed by atoms with Crippen molar-refractivity contribution < 1.29 is 14.4 Å². The third-order valence-corrected chi connectivity index (χ3v) is 3.75. The van der Waals surface area contributed by atoms with Crippen molar-refractivity contribution >= 4 is 35.0 Å². The first-order valence-electron chi connectivity index (χ1n) is 7.85. The van der Waals surface area contributed by atoms with Gasteiger partial charge in [0.1, 0.15) is 6.04 Å². The van der Waals surface area contributed by atoms with Crippen molar-refractivity contribution in [2.45, 2.75) is 13.0 Å². The first-order chi connectivity index (χ1) is 12.4. The summed E-state index contributed by atoms with van der Waals surface area (Å²) in [6.07, 6.45) is 0. The highest BCUT2D eigenvalue weighted by Crippen LogP contribution is 2.12. The van der Waals surface area contributed by atoms with Crippen LogP contribution in [-0.4, -0.2) is 30.8 Å². The first kappa shape index (κ1) is 19.3. The van der Waals surface area contributed by atoms with Gasteiger partial charge in [-0.1, -0.05) is 23.7 Å². The van der Waals surface area contributed by atoms with E-state index < -0.39 is 17.9 Å². The average Bonchev–Trinajstić information content (AvgIpc) is 2.65. The molecule has 3 amide bonds. The molecule has 0 saturated heterocycles. The van der Waals surface area contributed by atoms with Crippen LogP contribution in [0.15, 0.2) is 48.5 Å². The van der Waals surface area contributed by atoms with E-state index in [9.17, 15) is 14.4 Å². The Morgan fingerprint density at radius 2 is 1.58 bits per heavy atom. The molecule has 0 heterocycles. The van der Waals surface area contributed by atoms with Gasteiger partial charge in [0.15, 0.2) is 0 Å². The van der Waals surface area contributed by atoms with E-state index in [-0.39, 0.29) is 5.91 Å². The highest BCUT2D eigenvalue weighted by molar-refractivity contribution is 6.30. The van der Waals surface area contributed by atoms with Gasteiger partial charge in [0.25, 0.3) is 17.7 Å². The van der Waals surface area contributed by atoms with Gasteiger partial charge in [-0.15, -0.1) is 0 Å². The van der Waals surface area contributed by atoms with Crippen LogP contribution in [0.25, 0.3) is 0 Å². The minimum absolute atomic E-state index is 0.223. The molecule has 2 rings (SSSR count). The third kappa shape index (κ3) is 5.22. The molecule has 1 atom stereocenters. The minimum Gasteiger partial charge on any atom is -0.374 e. The zero-order chi connectivity index (χ0) is 19.1. The number of hydrogen-bond acceptors (Lipinski definition) is 4. The molecule has 8 heteroatoms. The summed E-state index contributed by atoms with van der Waals surface area (Å²) >= 11 is 5.83. The Morgan fingerprint density at radius 3 is 2.23 bits per heavy atom. The molecular formula is C18H19ClN4O3. The van der Waals surface area contributed by atoms with Crippen LogP contribution in [-0.2, 0) is 4.79 Å². The summed E-state index contributed by atoms with van der Waals surface area (Å²) in [6, 6.07) is 12.5. The van der Waals surface area contributed by atoms with Gasteiger partial charge in [-0.2, -0.15) is 0 Å². The number of halogens is 1. The van der Waals surface area contributed by atoms with Gasteiger partial charge in [0.2, 0.25) is 0 Å². The van der Waals surface area contributed by atoms with E-state index in [1.54, 1.807) is 56.4 Å². The third-order valence-electron chi connectivity index (χ3n) is 3.51. The summed E-state index contributed by atoms with van der Waals surface area (Å²) in [5.41, 5.74) is 6.08. The highest BCUT2D eigenvalue weighted by atomic mass is 35.5. The van der Waals surface area contributed by atoms with E-state index in [4.69, 9.17) is 11.6 Å². The lowest BCUT2D eigenvalue weighted by molar-refractivity contribution is -0.122. The summed E-state index contributed by atoms with van der Waals surface area (Å²) in [7, 11) is 1.54. The topological polar surface area (TPSA) is 99.3 Å². The predicted molar refractivity (Wildman–Crippen MR) is 100.0 cm³/mol. The highest BCUT2D eigenvalue weighted by Gasteiger charge is 2.15. The van der Waals surface area contributed by atoms with Crippen LogP contribution in [0.3, 0.4) is 0 Å². The molecule has 136 valence electrons. The van der Waals surface area contributed by atoms with Crippen molar-refractivity contribution in [3.63, 3.8) is 0 Å². The van der Waals surface area contributed by atoms with Crippen LogP contribution in [0.5, 0.6) is 0 Å². The van der Waals surface area contributed by atoms with Gasteiger partial charge in [0.05, 0.1) is 0 Å². The Bertz CT molecular complexity index is 826. The normalized spacial score (nSPS) is 11.2. The maximum atomic E-state index is 12.1. The number of anilines is 1. The summed E-state index contributed by atoms with van der Waals surface area (Å²) in [5, 5.41) is 5.93. The average molecular weight is 375 g/mol. The number of amides is 3. The number of benzene rings is 2. The lowest BCUT2D eigenvalue weighted by Gasteiger charge is -2.16. The predicted octanol–water partition coefficient (Wildman–Crippen LogP) is 1.96. The fraction of sp³-hybridized carbons (Fsp3) is 0.167. The van der Waals surface area contributed by atoms with Gasteiger partial charge in [-0.05, 0) is 43.3 Å². The van der Waals surface area contributed by atoms with Crippen LogP contribution >= 0.6 is 11.6 Å². The molecule has 0 aliphatic carbocycles. The van der Waals surface area contributed by atoms with Crippen molar-refractivity contribution in [1.82, 2.24) is 16.2 Å². The monoisotopic (exact) mass is 374 g/mol. The maximum Gasteiger partial charge on any atom is 0.269 e. The number of rotatable bonds is 5. The smallest absolute Gasteiger partial charge is 0.269 e. The van der Waals surface area contributed by atoms with E-state index >= 15 is 0 Å². The number of nitrogens with one attached hydrogen (secondary N) is 4. The molecule has 0 saturated carbocycles. The lowest BCUT2D eigenvalue weighted by atomic mass is 10.1. The number of carbonyl (C=O) groups is 3. The van der Waals surface area contributed by atoms with Crippen LogP contribution in [0.2, 0.25) is 5.02 Å². The second kappa shape index (κ2) is 8.87. The van der Waals surface area contributed by atoms with Gasteiger partial charge in [-0.25, -0.2) is 0 Å². The fourth-order valence-corrected chi connectivity index (χ4v) is 2.33. The van der Waals surface area contributed by atoms with Gasteiger partial charge >= 0.3 is 0 Å². The zero-order valence-corrected chi connectivity index (χ0v) is 15.1. The molecule has 0 fully saturated rings. The summed E-state index contributed by atoms with van der Waals surface area (Å²) in [5.74, 6) is -1.14. The molecule has 1 unspecified atom stereocenters. The Morgan fingerprint density at radius 1 is 0.923 bits per heavy atom. The second-order valence-corrected chi connectivity index (χ2v) is 5.92. The SMILES string of the molecule is CNC(=O)c1cccc(NC(C)C(=O)NNC(=O)c2cccc(Cl)c2)c1. The standard InChI is InChI=1S/C18H19ClN4O3/c1-11(21-15-8-4-6-13(10-15)17(25)20-2)16(24)22-23-18(26)12-5-3-7-14(19)9-12/h3-11,21H,1-2H3,(H,20,25)(H,22,24)(H,23,26). The number of carbonyl (C=O) groups excluding carboxylic acids is 3. The molecule has 0 aliphatic heterocycles. The Kier molecular flexibility index (Phi) is 6.57. The van der Waals surface area contributed by atoms with Gasteiger partial charge in [0, 0.05) is 28.9 Å². The van der Waals surface area contributed by atoms with Crippen LogP contribution in [0, 0.1) is 0 Å². The number of hydrogen-bond donors (Lipinski definition) is 4. The van der Waals surface area contributed by atoms with Crippen molar-refractivity contribution in [2.75, 3.05) is 12.4 Å².